The van der Waals surface area contributed by atoms with Crippen molar-refractivity contribution in [3.8, 4) is 0 Å². The van der Waals surface area contributed by atoms with Gasteiger partial charge in [-0.25, -0.2) is 0 Å². The summed E-state index contributed by atoms with van der Waals surface area (Å²) in [6.45, 7) is 8.81. The standard InChI is InChI=1S/C12H23NO2S/c1-11(2)7-9(8-12(3,4)13-11)15-10(14)5-6-16/h9,13,16H,5-8H2,1-4H3/p+1. The Morgan fingerprint density at radius 3 is 2.25 bits per heavy atom. The Balaban J connectivity index is 2.57. The van der Waals surface area contributed by atoms with Crippen molar-refractivity contribution in [3.63, 3.8) is 0 Å². The van der Waals surface area contributed by atoms with Crippen LogP contribution in [0.25, 0.3) is 0 Å². The average Bonchev–Trinajstić information content (AvgIpc) is 1.96. The van der Waals surface area contributed by atoms with Gasteiger partial charge in [0.25, 0.3) is 0 Å². The second-order valence-electron chi connectivity index (χ2n) is 6.12. The largest absolute Gasteiger partial charge is 0.462 e. The molecule has 0 unspecified atom stereocenters. The molecule has 1 saturated heterocycles. The van der Waals surface area contributed by atoms with Crippen LogP contribution in [0.15, 0.2) is 0 Å². The molecule has 0 aromatic rings. The Morgan fingerprint density at radius 1 is 1.31 bits per heavy atom. The zero-order chi connectivity index (χ0) is 12.4. The van der Waals surface area contributed by atoms with Crippen molar-refractivity contribution in [1.29, 1.82) is 0 Å². The van der Waals surface area contributed by atoms with Crippen molar-refractivity contribution in [2.75, 3.05) is 5.75 Å². The number of hydrogen-bond acceptors (Lipinski definition) is 3. The highest BCUT2D eigenvalue weighted by Gasteiger charge is 2.43. The molecule has 1 aliphatic rings. The van der Waals surface area contributed by atoms with E-state index in [1.165, 1.54) is 0 Å². The lowest BCUT2D eigenvalue weighted by Gasteiger charge is -2.42. The molecule has 0 atom stereocenters. The van der Waals surface area contributed by atoms with Crippen LogP contribution in [0.5, 0.6) is 0 Å². The van der Waals surface area contributed by atoms with E-state index in [0.29, 0.717) is 12.2 Å². The van der Waals surface area contributed by atoms with E-state index in [1.54, 1.807) is 0 Å². The Morgan fingerprint density at radius 2 is 1.81 bits per heavy atom. The fourth-order valence-corrected chi connectivity index (χ4v) is 3.02. The first-order chi connectivity index (χ1) is 7.24. The topological polar surface area (TPSA) is 42.9 Å². The van der Waals surface area contributed by atoms with Crippen molar-refractivity contribution < 1.29 is 14.8 Å². The number of carbonyl (C=O) groups excluding carboxylic acids is 1. The van der Waals surface area contributed by atoms with Crippen molar-refractivity contribution in [3.05, 3.63) is 0 Å². The van der Waals surface area contributed by atoms with Gasteiger partial charge < -0.3 is 10.1 Å². The number of carbonyl (C=O) groups is 1. The first-order valence-electron chi connectivity index (χ1n) is 5.91. The van der Waals surface area contributed by atoms with Crippen molar-refractivity contribution in [2.24, 2.45) is 0 Å². The summed E-state index contributed by atoms with van der Waals surface area (Å²) >= 11 is 4.04. The van der Waals surface area contributed by atoms with Crippen LogP contribution in [0.2, 0.25) is 0 Å². The van der Waals surface area contributed by atoms with Gasteiger partial charge in [0.1, 0.15) is 6.10 Å². The fourth-order valence-electron chi connectivity index (χ4n) is 2.84. The number of hydrogen-bond donors (Lipinski definition) is 2. The maximum Gasteiger partial charge on any atom is 0.306 e. The van der Waals surface area contributed by atoms with E-state index in [9.17, 15) is 4.79 Å². The van der Waals surface area contributed by atoms with Gasteiger partial charge in [0, 0.05) is 18.6 Å². The van der Waals surface area contributed by atoms with Crippen molar-refractivity contribution in [2.45, 2.75) is 64.1 Å². The molecule has 1 rings (SSSR count). The van der Waals surface area contributed by atoms with Gasteiger partial charge in [-0.15, -0.1) is 0 Å². The van der Waals surface area contributed by atoms with Gasteiger partial charge in [0.05, 0.1) is 17.5 Å². The number of esters is 1. The minimum absolute atomic E-state index is 0.0578. The molecule has 0 radical (unpaired) electrons. The predicted octanol–water partition coefficient (Wildman–Crippen LogP) is 1.13. The highest BCUT2D eigenvalue weighted by molar-refractivity contribution is 7.80. The molecule has 4 heteroatoms. The Kier molecular flexibility index (Phi) is 4.29. The van der Waals surface area contributed by atoms with E-state index in [1.807, 2.05) is 0 Å². The second-order valence-corrected chi connectivity index (χ2v) is 6.56. The van der Waals surface area contributed by atoms with Crippen molar-refractivity contribution in [1.82, 2.24) is 0 Å². The van der Waals surface area contributed by atoms with Gasteiger partial charge in [-0.05, 0) is 27.7 Å². The number of rotatable bonds is 3. The molecule has 1 heterocycles. The van der Waals surface area contributed by atoms with Gasteiger partial charge in [0.2, 0.25) is 0 Å². The van der Waals surface area contributed by atoms with E-state index in [4.69, 9.17) is 4.74 Å². The molecular formula is C12H24NO2S+. The van der Waals surface area contributed by atoms with Crippen LogP contribution < -0.4 is 5.32 Å². The summed E-state index contributed by atoms with van der Waals surface area (Å²) in [6, 6.07) is 0. The fraction of sp³-hybridized carbons (Fsp3) is 0.917. The van der Waals surface area contributed by atoms with E-state index >= 15 is 0 Å². The highest BCUT2D eigenvalue weighted by atomic mass is 32.1. The van der Waals surface area contributed by atoms with Crippen LogP contribution in [0.1, 0.15) is 47.0 Å². The lowest BCUT2D eigenvalue weighted by atomic mass is 9.81. The molecule has 0 aromatic heterocycles. The molecule has 16 heavy (non-hydrogen) atoms. The Labute approximate surface area is 104 Å². The molecular weight excluding hydrogens is 222 g/mol. The Bertz CT molecular complexity index is 248. The molecule has 2 N–H and O–H groups in total. The molecule has 3 nitrogen and oxygen atoms in total. The third-order valence-corrected chi connectivity index (χ3v) is 3.13. The van der Waals surface area contributed by atoms with E-state index in [0.717, 1.165) is 12.8 Å². The molecule has 1 aliphatic heterocycles. The first-order valence-corrected chi connectivity index (χ1v) is 6.55. The van der Waals surface area contributed by atoms with Crippen LogP contribution >= 0.6 is 12.6 Å². The van der Waals surface area contributed by atoms with Gasteiger partial charge in [0.15, 0.2) is 0 Å². The second kappa shape index (κ2) is 4.96. The Hall–Kier alpha value is -0.220. The summed E-state index contributed by atoms with van der Waals surface area (Å²) in [5.74, 6) is 0.443. The molecule has 0 saturated carbocycles. The zero-order valence-corrected chi connectivity index (χ0v) is 11.6. The average molecular weight is 246 g/mol. The van der Waals surface area contributed by atoms with Crippen LogP contribution in [0.3, 0.4) is 0 Å². The first kappa shape index (κ1) is 13.8. The smallest absolute Gasteiger partial charge is 0.306 e. The summed E-state index contributed by atoms with van der Waals surface area (Å²) in [4.78, 5) is 11.5. The maximum atomic E-state index is 11.5. The quantitative estimate of drug-likeness (QED) is 0.579. The molecule has 0 aromatic carbocycles. The molecule has 1 fully saturated rings. The number of ether oxygens (including phenoxy) is 1. The number of thiol groups is 1. The number of nitrogens with two attached hydrogens (primary N) is 1. The molecule has 94 valence electrons. The summed E-state index contributed by atoms with van der Waals surface area (Å²) in [5.41, 5.74) is 0.293. The van der Waals surface area contributed by atoms with Gasteiger partial charge in [-0.1, -0.05) is 0 Å². The molecule has 0 bridgehead atoms. The SMILES string of the molecule is CC1(C)CC(OC(=O)CCS)CC(C)(C)[NH2+]1. The van der Waals surface area contributed by atoms with Crippen LogP contribution in [-0.4, -0.2) is 28.9 Å². The van der Waals surface area contributed by atoms with Crippen molar-refractivity contribution >= 4 is 18.6 Å². The predicted molar refractivity (Wildman–Crippen MR) is 67.7 cm³/mol. The third-order valence-electron chi connectivity index (χ3n) is 2.90. The van der Waals surface area contributed by atoms with E-state index in [2.05, 4.69) is 45.6 Å². The highest BCUT2D eigenvalue weighted by Crippen LogP contribution is 2.24. The number of quaternary nitrogens is 1. The summed E-state index contributed by atoms with van der Waals surface area (Å²) < 4.78 is 5.50. The van der Waals surface area contributed by atoms with E-state index < -0.39 is 0 Å². The zero-order valence-electron chi connectivity index (χ0n) is 10.7. The third kappa shape index (κ3) is 4.34. The van der Waals surface area contributed by atoms with Gasteiger partial charge in [-0.2, -0.15) is 12.6 Å². The molecule has 0 spiro atoms. The van der Waals surface area contributed by atoms with Crippen LogP contribution in [-0.2, 0) is 9.53 Å². The molecule has 0 amide bonds. The minimum Gasteiger partial charge on any atom is -0.462 e. The van der Waals surface area contributed by atoms with Gasteiger partial charge >= 0.3 is 5.97 Å². The monoisotopic (exact) mass is 246 g/mol. The lowest BCUT2D eigenvalue weighted by molar-refractivity contribution is -0.789. The maximum absolute atomic E-state index is 11.5. The summed E-state index contributed by atoms with van der Waals surface area (Å²) in [7, 11) is 0. The van der Waals surface area contributed by atoms with E-state index in [-0.39, 0.29) is 23.2 Å². The summed E-state index contributed by atoms with van der Waals surface area (Å²) in [6.07, 6.45) is 2.32. The van der Waals surface area contributed by atoms with Gasteiger partial charge in [-0.3, -0.25) is 4.79 Å². The van der Waals surface area contributed by atoms with Crippen LogP contribution in [0, 0.1) is 0 Å². The molecule has 0 aliphatic carbocycles. The van der Waals surface area contributed by atoms with Crippen LogP contribution in [0.4, 0.5) is 0 Å². The lowest BCUT2D eigenvalue weighted by Crippen LogP contribution is -3.06. The number of piperidine rings is 1. The summed E-state index contributed by atoms with van der Waals surface area (Å²) in [5, 5.41) is 2.38. The minimum atomic E-state index is -0.117. The normalized spacial score (nSPS) is 24.1.